The molecular formula is C27H48O3S. The lowest BCUT2D eigenvalue weighted by Crippen LogP contribution is -2.02. The Morgan fingerprint density at radius 2 is 1.00 bits per heavy atom. The van der Waals surface area contributed by atoms with Crippen LogP contribution in [0.5, 0.6) is 0 Å². The monoisotopic (exact) mass is 452 g/mol. The highest BCUT2D eigenvalue weighted by Crippen LogP contribution is 2.29. The zero-order valence-corrected chi connectivity index (χ0v) is 21.1. The normalized spacial score (nSPS) is 12.9. The van der Waals surface area contributed by atoms with Crippen LogP contribution in [0.1, 0.15) is 141 Å². The molecule has 0 aliphatic heterocycles. The van der Waals surface area contributed by atoms with Gasteiger partial charge in [-0.1, -0.05) is 129 Å². The van der Waals surface area contributed by atoms with Crippen molar-refractivity contribution in [1.29, 1.82) is 0 Å². The molecule has 0 saturated carbocycles. The molecule has 0 spiro atoms. The number of hydrogen-bond donors (Lipinski definition) is 1. The van der Waals surface area contributed by atoms with Gasteiger partial charge in [0.1, 0.15) is 0 Å². The van der Waals surface area contributed by atoms with Crippen molar-refractivity contribution in [1.82, 2.24) is 0 Å². The van der Waals surface area contributed by atoms with Crippen molar-refractivity contribution in [2.45, 2.75) is 140 Å². The van der Waals surface area contributed by atoms with Gasteiger partial charge in [-0.25, -0.2) is 0 Å². The van der Waals surface area contributed by atoms with E-state index in [0.717, 1.165) is 6.42 Å². The van der Waals surface area contributed by atoms with Gasteiger partial charge in [0.2, 0.25) is 0 Å². The SMILES string of the molecule is CCCCCCCCCCCCCCCCC(CCCC)c1ccc(S(=O)(=O)O)cc1. The molecule has 1 rings (SSSR count). The van der Waals surface area contributed by atoms with E-state index in [1.54, 1.807) is 0 Å². The standard InChI is InChI=1S/C27H48O3S/c1-3-5-7-8-9-10-11-12-13-14-15-16-17-18-20-25(19-6-4-2)26-21-23-27(24-22-26)31(28,29)30/h21-25H,3-20H2,1-2H3,(H,28,29,30). The molecule has 1 aromatic carbocycles. The van der Waals surface area contributed by atoms with Gasteiger partial charge in [0.15, 0.2) is 0 Å². The fraction of sp³-hybridized carbons (Fsp3) is 0.778. The summed E-state index contributed by atoms with van der Waals surface area (Å²) in [7, 11) is -4.10. The van der Waals surface area contributed by atoms with Crippen molar-refractivity contribution < 1.29 is 13.0 Å². The first-order valence-corrected chi connectivity index (χ1v) is 14.5. The molecule has 0 aromatic heterocycles. The topological polar surface area (TPSA) is 54.4 Å². The Morgan fingerprint density at radius 1 is 0.613 bits per heavy atom. The smallest absolute Gasteiger partial charge is 0.282 e. The second-order valence-electron chi connectivity index (χ2n) is 9.27. The van der Waals surface area contributed by atoms with Crippen LogP contribution in [0.15, 0.2) is 29.2 Å². The van der Waals surface area contributed by atoms with Gasteiger partial charge in [-0.2, -0.15) is 8.42 Å². The lowest BCUT2D eigenvalue weighted by molar-refractivity contribution is 0.482. The molecule has 1 unspecified atom stereocenters. The highest BCUT2D eigenvalue weighted by Gasteiger charge is 2.14. The van der Waals surface area contributed by atoms with Gasteiger partial charge in [0.25, 0.3) is 10.1 Å². The third kappa shape index (κ3) is 14.0. The molecule has 0 heterocycles. The molecule has 1 aromatic rings. The second kappa shape index (κ2) is 17.7. The van der Waals surface area contributed by atoms with Crippen LogP contribution < -0.4 is 0 Å². The van der Waals surface area contributed by atoms with E-state index < -0.39 is 10.1 Å². The van der Waals surface area contributed by atoms with E-state index in [4.69, 9.17) is 0 Å². The fourth-order valence-electron chi connectivity index (χ4n) is 4.43. The number of hydrogen-bond acceptors (Lipinski definition) is 2. The first kappa shape index (κ1) is 28.2. The average Bonchev–Trinajstić information content (AvgIpc) is 2.75. The maximum atomic E-state index is 11.3. The van der Waals surface area contributed by atoms with E-state index in [1.807, 2.05) is 12.1 Å². The van der Waals surface area contributed by atoms with Crippen LogP contribution in [0, 0.1) is 0 Å². The zero-order valence-electron chi connectivity index (χ0n) is 20.3. The van der Waals surface area contributed by atoms with Crippen molar-refractivity contribution >= 4 is 10.1 Å². The highest BCUT2D eigenvalue weighted by atomic mass is 32.2. The van der Waals surface area contributed by atoms with Gasteiger partial charge in [-0.3, -0.25) is 4.55 Å². The van der Waals surface area contributed by atoms with Crippen LogP contribution >= 0.6 is 0 Å². The maximum Gasteiger partial charge on any atom is 0.294 e. The van der Waals surface area contributed by atoms with Crippen LogP contribution in [0.25, 0.3) is 0 Å². The molecule has 0 fully saturated rings. The summed E-state index contributed by atoms with van der Waals surface area (Å²) in [4.78, 5) is -0.0121. The first-order chi connectivity index (χ1) is 15.0. The average molecular weight is 453 g/mol. The molecule has 0 radical (unpaired) electrons. The molecule has 3 nitrogen and oxygen atoms in total. The van der Waals surface area contributed by atoms with Crippen molar-refractivity contribution in [3.8, 4) is 0 Å². The third-order valence-corrected chi connectivity index (χ3v) is 7.33. The van der Waals surface area contributed by atoms with Gasteiger partial charge in [0.05, 0.1) is 4.90 Å². The van der Waals surface area contributed by atoms with Crippen LogP contribution in [0.2, 0.25) is 0 Å². The van der Waals surface area contributed by atoms with E-state index in [2.05, 4.69) is 13.8 Å². The van der Waals surface area contributed by atoms with Crippen molar-refractivity contribution in [3.05, 3.63) is 29.8 Å². The molecule has 4 heteroatoms. The van der Waals surface area contributed by atoms with Gasteiger partial charge in [0, 0.05) is 0 Å². The lowest BCUT2D eigenvalue weighted by Gasteiger charge is -2.17. The molecule has 31 heavy (non-hydrogen) atoms. The molecule has 0 aliphatic carbocycles. The van der Waals surface area contributed by atoms with Gasteiger partial charge in [-0.05, 0) is 36.5 Å². The second-order valence-corrected chi connectivity index (χ2v) is 10.7. The summed E-state index contributed by atoms with van der Waals surface area (Å²) in [6.07, 6.45) is 24.0. The van der Waals surface area contributed by atoms with Crippen molar-refractivity contribution in [3.63, 3.8) is 0 Å². The maximum absolute atomic E-state index is 11.3. The van der Waals surface area contributed by atoms with Crippen molar-refractivity contribution in [2.24, 2.45) is 0 Å². The van der Waals surface area contributed by atoms with Crippen LogP contribution in [-0.4, -0.2) is 13.0 Å². The Balaban J connectivity index is 2.15. The van der Waals surface area contributed by atoms with Crippen LogP contribution in [-0.2, 0) is 10.1 Å². The molecule has 180 valence electrons. The summed E-state index contributed by atoms with van der Waals surface area (Å²) < 4.78 is 31.7. The summed E-state index contributed by atoms with van der Waals surface area (Å²) in [6, 6.07) is 6.84. The predicted octanol–water partition coefficient (Wildman–Crippen LogP) is 9.08. The summed E-state index contributed by atoms with van der Waals surface area (Å²) in [5.74, 6) is 0.493. The van der Waals surface area contributed by atoms with E-state index in [9.17, 15) is 13.0 Å². The predicted molar refractivity (Wildman–Crippen MR) is 133 cm³/mol. The third-order valence-electron chi connectivity index (χ3n) is 6.46. The molecule has 0 bridgehead atoms. The first-order valence-electron chi connectivity index (χ1n) is 13.1. The Bertz CT molecular complexity index is 637. The molecule has 0 saturated heterocycles. The minimum absolute atomic E-state index is 0.0121. The zero-order chi connectivity index (χ0) is 22.8. The number of rotatable bonds is 20. The number of benzene rings is 1. The minimum atomic E-state index is -4.10. The summed E-state index contributed by atoms with van der Waals surface area (Å²) in [5.41, 5.74) is 1.20. The van der Waals surface area contributed by atoms with Crippen LogP contribution in [0.3, 0.4) is 0 Å². The molecular weight excluding hydrogens is 404 g/mol. The van der Waals surface area contributed by atoms with E-state index in [-0.39, 0.29) is 4.90 Å². The molecule has 1 N–H and O–H groups in total. The number of unbranched alkanes of at least 4 members (excludes halogenated alkanes) is 14. The molecule has 0 aliphatic rings. The van der Waals surface area contributed by atoms with Gasteiger partial charge >= 0.3 is 0 Å². The van der Waals surface area contributed by atoms with E-state index in [0.29, 0.717) is 5.92 Å². The van der Waals surface area contributed by atoms with E-state index in [1.165, 1.54) is 127 Å². The summed E-state index contributed by atoms with van der Waals surface area (Å²) in [5, 5.41) is 0. The Labute approximate surface area is 193 Å². The fourth-order valence-corrected chi connectivity index (χ4v) is 4.91. The van der Waals surface area contributed by atoms with E-state index >= 15 is 0 Å². The summed E-state index contributed by atoms with van der Waals surface area (Å²) in [6.45, 7) is 4.49. The molecule has 1 atom stereocenters. The Morgan fingerprint density at radius 3 is 1.42 bits per heavy atom. The minimum Gasteiger partial charge on any atom is -0.282 e. The Hall–Kier alpha value is -0.870. The molecule has 0 amide bonds. The quantitative estimate of drug-likeness (QED) is 0.158. The lowest BCUT2D eigenvalue weighted by atomic mass is 9.88. The summed E-state index contributed by atoms with van der Waals surface area (Å²) >= 11 is 0. The van der Waals surface area contributed by atoms with Gasteiger partial charge < -0.3 is 0 Å². The van der Waals surface area contributed by atoms with Gasteiger partial charge in [-0.15, -0.1) is 0 Å². The largest absolute Gasteiger partial charge is 0.294 e. The van der Waals surface area contributed by atoms with Crippen molar-refractivity contribution in [2.75, 3.05) is 0 Å². The highest BCUT2D eigenvalue weighted by molar-refractivity contribution is 7.85. The van der Waals surface area contributed by atoms with Crippen LogP contribution in [0.4, 0.5) is 0 Å². The Kier molecular flexibility index (Phi) is 16.0.